The van der Waals surface area contributed by atoms with Gasteiger partial charge in [-0.2, -0.15) is 16.8 Å². The van der Waals surface area contributed by atoms with E-state index in [4.69, 9.17) is 5.73 Å². The molecule has 1 unspecified atom stereocenters. The van der Waals surface area contributed by atoms with Crippen LogP contribution in [0, 0.1) is 5.41 Å². The van der Waals surface area contributed by atoms with Gasteiger partial charge in [-0.15, -0.1) is 0 Å². The maximum atomic E-state index is 12.0. The van der Waals surface area contributed by atoms with Crippen LogP contribution in [0.1, 0.15) is 34.1 Å². The van der Waals surface area contributed by atoms with Crippen molar-refractivity contribution in [3.05, 3.63) is 0 Å². The van der Waals surface area contributed by atoms with Crippen molar-refractivity contribution in [2.24, 2.45) is 16.1 Å². The first-order valence-electron chi connectivity index (χ1n) is 6.04. The number of amides is 2. The van der Waals surface area contributed by atoms with E-state index < -0.39 is 0 Å². The Labute approximate surface area is 107 Å². The molecule has 5 heteroatoms. The molecule has 0 saturated carbocycles. The fourth-order valence-corrected chi connectivity index (χ4v) is 4.48. The summed E-state index contributed by atoms with van der Waals surface area (Å²) in [6.45, 7) is 8.52. The van der Waals surface area contributed by atoms with Crippen LogP contribution >= 0.6 is 11.8 Å². The van der Waals surface area contributed by atoms with Crippen molar-refractivity contribution < 1.29 is 4.79 Å². The lowest BCUT2D eigenvalue weighted by molar-refractivity contribution is 0.125. The van der Waals surface area contributed by atoms with Crippen molar-refractivity contribution in [3.8, 4) is 0 Å². The van der Waals surface area contributed by atoms with E-state index in [1.807, 2.05) is 30.5 Å². The summed E-state index contributed by atoms with van der Waals surface area (Å²) >= 11 is 1.87. The van der Waals surface area contributed by atoms with Gasteiger partial charge in [0.05, 0.1) is 0 Å². The van der Waals surface area contributed by atoms with Crippen molar-refractivity contribution in [2.75, 3.05) is 11.5 Å². The van der Waals surface area contributed by atoms with Crippen molar-refractivity contribution in [3.63, 3.8) is 0 Å². The minimum atomic E-state index is -0.350. The number of hydrogen-bond donors (Lipinski definition) is 1. The highest BCUT2D eigenvalue weighted by molar-refractivity contribution is 7.99. The fraction of sp³-hybridized carbons (Fsp3) is 0.833. The molecule has 2 aliphatic rings. The van der Waals surface area contributed by atoms with Gasteiger partial charge in [-0.3, -0.25) is 0 Å². The summed E-state index contributed by atoms with van der Waals surface area (Å²) in [7, 11) is 0. The van der Waals surface area contributed by atoms with Gasteiger partial charge in [-0.25, -0.2) is 4.79 Å². The van der Waals surface area contributed by atoms with Crippen LogP contribution in [0.4, 0.5) is 4.79 Å². The van der Waals surface area contributed by atoms with E-state index >= 15 is 0 Å². The van der Waals surface area contributed by atoms with E-state index in [0.717, 1.165) is 17.9 Å². The van der Waals surface area contributed by atoms with Crippen molar-refractivity contribution in [2.45, 2.75) is 45.7 Å². The number of thioether (sulfide) groups is 1. The topological polar surface area (TPSA) is 58.7 Å². The predicted molar refractivity (Wildman–Crippen MR) is 72.4 cm³/mol. The molecule has 0 aromatic rings. The monoisotopic (exact) mass is 255 g/mol. The number of amidine groups is 1. The Balaban J connectivity index is 2.39. The Morgan fingerprint density at radius 2 is 2.06 bits per heavy atom. The van der Waals surface area contributed by atoms with E-state index in [9.17, 15) is 4.79 Å². The third kappa shape index (κ3) is 1.94. The number of rotatable bonds is 1. The van der Waals surface area contributed by atoms with E-state index in [1.54, 1.807) is 0 Å². The molecule has 2 heterocycles. The van der Waals surface area contributed by atoms with E-state index in [2.05, 4.69) is 18.8 Å². The molecule has 4 nitrogen and oxygen atoms in total. The molecule has 2 aliphatic heterocycles. The van der Waals surface area contributed by atoms with E-state index in [-0.39, 0.29) is 23.0 Å². The van der Waals surface area contributed by atoms with Crippen molar-refractivity contribution >= 4 is 23.6 Å². The molecule has 0 aromatic heterocycles. The van der Waals surface area contributed by atoms with Gasteiger partial charge in [0.25, 0.3) is 0 Å². The van der Waals surface area contributed by atoms with Gasteiger partial charge < -0.3 is 10.6 Å². The molecule has 0 aliphatic carbocycles. The SMILES string of the molecule is CC(C)N1C(=O)N=C(N)C12CSCC(C)(C)C2. The summed E-state index contributed by atoms with van der Waals surface area (Å²) in [5, 5.41) is 0. The second-order valence-electron chi connectivity index (χ2n) is 6.11. The zero-order chi connectivity index (χ0) is 12.8. The molecule has 1 atom stereocenters. The summed E-state index contributed by atoms with van der Waals surface area (Å²) in [5.41, 5.74) is 5.90. The fourth-order valence-electron chi connectivity index (χ4n) is 2.99. The highest BCUT2D eigenvalue weighted by Crippen LogP contribution is 2.45. The number of aliphatic imine (C=N–C) groups is 1. The Hall–Kier alpha value is -0.710. The standard InChI is InChI=1S/C12H21N3OS/c1-8(2)15-10(16)14-9(13)12(15)5-11(3,4)6-17-7-12/h8H,5-7H2,1-4H3,(H2,13,14,16). The van der Waals surface area contributed by atoms with Crippen LogP contribution in [-0.4, -0.2) is 39.9 Å². The van der Waals surface area contributed by atoms with Crippen LogP contribution < -0.4 is 5.73 Å². The maximum Gasteiger partial charge on any atom is 0.346 e. The third-order valence-corrected chi connectivity index (χ3v) is 5.15. The summed E-state index contributed by atoms with van der Waals surface area (Å²) in [4.78, 5) is 17.8. The number of nitrogens with two attached hydrogens (primary N) is 1. The smallest absolute Gasteiger partial charge is 0.346 e. The first-order valence-corrected chi connectivity index (χ1v) is 7.20. The van der Waals surface area contributed by atoms with E-state index in [1.165, 1.54) is 0 Å². The number of carbonyl (C=O) groups excluding carboxylic acids is 1. The maximum absolute atomic E-state index is 12.0. The molecule has 17 heavy (non-hydrogen) atoms. The molecule has 1 fully saturated rings. The van der Waals surface area contributed by atoms with Gasteiger partial charge in [0.15, 0.2) is 0 Å². The van der Waals surface area contributed by atoms with Crippen LogP contribution in [0.5, 0.6) is 0 Å². The summed E-state index contributed by atoms with van der Waals surface area (Å²) in [5.74, 6) is 2.49. The number of hydrogen-bond acceptors (Lipinski definition) is 3. The van der Waals surface area contributed by atoms with Gasteiger partial charge >= 0.3 is 6.03 Å². The Bertz CT molecular complexity index is 378. The summed E-state index contributed by atoms with van der Waals surface area (Å²) < 4.78 is 0. The van der Waals surface area contributed by atoms with Gasteiger partial charge in [0, 0.05) is 11.8 Å². The van der Waals surface area contributed by atoms with Crippen LogP contribution in [0.25, 0.3) is 0 Å². The van der Waals surface area contributed by atoms with Gasteiger partial charge in [0.1, 0.15) is 11.4 Å². The molecule has 2 rings (SSSR count). The second kappa shape index (κ2) is 3.90. The Morgan fingerprint density at radius 1 is 1.41 bits per heavy atom. The van der Waals surface area contributed by atoms with Crippen LogP contribution in [0.3, 0.4) is 0 Å². The molecule has 0 aromatic carbocycles. The van der Waals surface area contributed by atoms with Gasteiger partial charge in [-0.05, 0) is 31.4 Å². The molecule has 2 amide bonds. The number of carbonyl (C=O) groups is 1. The normalized spacial score (nSPS) is 32.4. The highest BCUT2D eigenvalue weighted by atomic mass is 32.2. The van der Waals surface area contributed by atoms with Crippen molar-refractivity contribution in [1.29, 1.82) is 0 Å². The molecular formula is C12H21N3OS. The minimum absolute atomic E-state index is 0.141. The molecule has 2 N–H and O–H groups in total. The van der Waals surface area contributed by atoms with Crippen molar-refractivity contribution in [1.82, 2.24) is 4.90 Å². The average molecular weight is 255 g/mol. The molecule has 0 radical (unpaired) electrons. The second-order valence-corrected chi connectivity index (χ2v) is 7.09. The first-order chi connectivity index (χ1) is 7.78. The molecule has 1 saturated heterocycles. The number of urea groups is 1. The summed E-state index contributed by atoms with van der Waals surface area (Å²) in [6.07, 6.45) is 0.909. The predicted octanol–water partition coefficient (Wildman–Crippen LogP) is 2.09. The summed E-state index contributed by atoms with van der Waals surface area (Å²) in [6, 6.07) is -0.0300. The minimum Gasteiger partial charge on any atom is -0.385 e. The third-order valence-electron chi connectivity index (χ3n) is 3.48. The highest BCUT2D eigenvalue weighted by Gasteiger charge is 2.53. The molecule has 96 valence electrons. The largest absolute Gasteiger partial charge is 0.385 e. The van der Waals surface area contributed by atoms with Gasteiger partial charge in [-0.1, -0.05) is 13.8 Å². The van der Waals surface area contributed by atoms with Crippen LogP contribution in [0.2, 0.25) is 0 Å². The quantitative estimate of drug-likeness (QED) is 0.780. The first kappa shape index (κ1) is 12.7. The van der Waals surface area contributed by atoms with Crippen LogP contribution in [-0.2, 0) is 0 Å². The average Bonchev–Trinajstić information content (AvgIpc) is 2.35. The molecular weight excluding hydrogens is 234 g/mol. The Kier molecular flexibility index (Phi) is 2.92. The Morgan fingerprint density at radius 3 is 2.59 bits per heavy atom. The lowest BCUT2D eigenvalue weighted by Crippen LogP contribution is -2.62. The molecule has 0 bridgehead atoms. The zero-order valence-electron chi connectivity index (χ0n) is 11.0. The zero-order valence-corrected chi connectivity index (χ0v) is 11.8. The number of nitrogens with zero attached hydrogens (tertiary/aromatic N) is 2. The van der Waals surface area contributed by atoms with E-state index in [0.29, 0.717) is 5.84 Å². The van der Waals surface area contributed by atoms with Crippen LogP contribution in [0.15, 0.2) is 4.99 Å². The lowest BCUT2D eigenvalue weighted by atomic mass is 9.78. The molecule has 1 spiro atoms. The lowest BCUT2D eigenvalue weighted by Gasteiger charge is -2.48. The van der Waals surface area contributed by atoms with Gasteiger partial charge in [0.2, 0.25) is 0 Å².